The topological polar surface area (TPSA) is 88.5 Å². The van der Waals surface area contributed by atoms with Crippen LogP contribution in [0, 0.1) is 18.6 Å². The Morgan fingerprint density at radius 3 is 2.63 bits per heavy atom. The normalized spacial score (nSPS) is 11.9. The van der Waals surface area contributed by atoms with Crippen LogP contribution in [0.3, 0.4) is 0 Å². The van der Waals surface area contributed by atoms with Crippen LogP contribution in [0.15, 0.2) is 36.5 Å². The van der Waals surface area contributed by atoms with Crippen LogP contribution in [0.2, 0.25) is 0 Å². The zero-order valence-electron chi connectivity index (χ0n) is 16.6. The molecule has 3 aromatic rings. The highest BCUT2D eigenvalue weighted by Gasteiger charge is 2.26. The Morgan fingerprint density at radius 1 is 1.23 bits per heavy atom. The van der Waals surface area contributed by atoms with Gasteiger partial charge in [0.05, 0.1) is 18.2 Å². The van der Waals surface area contributed by atoms with Crippen molar-refractivity contribution in [2.45, 2.75) is 26.8 Å². The highest BCUT2D eigenvalue weighted by Crippen LogP contribution is 2.31. The van der Waals surface area contributed by atoms with E-state index in [1.165, 1.54) is 26.1 Å². The summed E-state index contributed by atoms with van der Waals surface area (Å²) in [6.45, 7) is 5.01. The lowest BCUT2D eigenvalue weighted by Crippen LogP contribution is -2.26. The number of nitrogens with one attached hydrogen (secondary N) is 1. The van der Waals surface area contributed by atoms with Gasteiger partial charge in [0.2, 0.25) is 5.88 Å². The molecule has 6 nitrogen and oxygen atoms in total. The molecule has 30 heavy (non-hydrogen) atoms. The number of aromatic nitrogens is 1. The van der Waals surface area contributed by atoms with Gasteiger partial charge in [-0.15, -0.1) is 0 Å². The van der Waals surface area contributed by atoms with E-state index in [2.05, 4.69) is 10.3 Å². The zero-order chi connectivity index (χ0) is 22.0. The first-order chi connectivity index (χ1) is 14.3. The largest absolute Gasteiger partial charge is 0.478 e. The van der Waals surface area contributed by atoms with Crippen LogP contribution >= 0.6 is 0 Å². The highest BCUT2D eigenvalue weighted by atomic mass is 19.1. The van der Waals surface area contributed by atoms with Crippen molar-refractivity contribution in [3.8, 4) is 5.88 Å². The standard InChI is InChI=1S/C22H20F2N2O4/c1-4-30-21-15-7-5-6-14(13(15)8-9-25-21)20(27)18-17(23)10-16(11(2)19(18)24)12(3)26-22(28)29/h5-10,12,26H,4H2,1-3H3,(H,28,29). The van der Waals surface area contributed by atoms with Crippen molar-refractivity contribution < 1.29 is 28.2 Å². The monoisotopic (exact) mass is 414 g/mol. The van der Waals surface area contributed by atoms with Crippen LogP contribution in [0.1, 0.15) is 46.9 Å². The van der Waals surface area contributed by atoms with Gasteiger partial charge >= 0.3 is 6.09 Å². The maximum Gasteiger partial charge on any atom is 0.405 e. The number of halogens is 2. The Labute approximate surface area is 171 Å². The molecular weight excluding hydrogens is 394 g/mol. The van der Waals surface area contributed by atoms with Gasteiger partial charge in [0.25, 0.3) is 0 Å². The molecule has 0 bridgehead atoms. The van der Waals surface area contributed by atoms with Gasteiger partial charge in [-0.05, 0) is 55.5 Å². The molecule has 0 aliphatic heterocycles. The van der Waals surface area contributed by atoms with E-state index >= 15 is 4.39 Å². The Hall–Kier alpha value is -3.55. The molecule has 1 aromatic heterocycles. The predicted octanol–water partition coefficient (Wildman–Crippen LogP) is 4.78. The molecule has 0 saturated heterocycles. The van der Waals surface area contributed by atoms with Crippen molar-refractivity contribution in [1.29, 1.82) is 0 Å². The first kappa shape index (κ1) is 21.2. The number of pyridine rings is 1. The van der Waals surface area contributed by atoms with Crippen molar-refractivity contribution in [3.63, 3.8) is 0 Å². The fraction of sp³-hybridized carbons (Fsp3) is 0.227. The lowest BCUT2D eigenvalue weighted by molar-refractivity contribution is 0.103. The molecule has 1 amide bonds. The van der Waals surface area contributed by atoms with Crippen molar-refractivity contribution in [2.75, 3.05) is 6.61 Å². The highest BCUT2D eigenvalue weighted by molar-refractivity contribution is 6.17. The van der Waals surface area contributed by atoms with Gasteiger partial charge in [0, 0.05) is 17.1 Å². The Morgan fingerprint density at radius 2 is 1.97 bits per heavy atom. The lowest BCUT2D eigenvalue weighted by atomic mass is 9.92. The summed E-state index contributed by atoms with van der Waals surface area (Å²) in [6, 6.07) is 6.51. The first-order valence-corrected chi connectivity index (χ1v) is 9.29. The van der Waals surface area contributed by atoms with Crippen LogP contribution in [0.5, 0.6) is 5.88 Å². The predicted molar refractivity (Wildman–Crippen MR) is 107 cm³/mol. The van der Waals surface area contributed by atoms with Gasteiger partial charge in [-0.1, -0.05) is 12.1 Å². The molecule has 2 N–H and O–H groups in total. The molecule has 0 aliphatic rings. The van der Waals surface area contributed by atoms with E-state index in [1.54, 1.807) is 25.1 Å². The average Bonchev–Trinajstić information content (AvgIpc) is 2.70. The summed E-state index contributed by atoms with van der Waals surface area (Å²) in [5.74, 6) is -2.58. The fourth-order valence-corrected chi connectivity index (χ4v) is 3.42. The summed E-state index contributed by atoms with van der Waals surface area (Å²) in [6.07, 6.45) is 0.141. The molecule has 2 aromatic carbocycles. The molecule has 0 spiro atoms. The molecule has 0 fully saturated rings. The van der Waals surface area contributed by atoms with Crippen LogP contribution in [-0.4, -0.2) is 28.6 Å². The van der Waals surface area contributed by atoms with Gasteiger partial charge in [0.1, 0.15) is 11.6 Å². The lowest BCUT2D eigenvalue weighted by Gasteiger charge is -2.18. The van der Waals surface area contributed by atoms with Crippen LogP contribution in [0.25, 0.3) is 10.8 Å². The van der Waals surface area contributed by atoms with E-state index in [9.17, 15) is 14.0 Å². The van der Waals surface area contributed by atoms with Gasteiger partial charge in [-0.3, -0.25) is 4.79 Å². The molecule has 8 heteroatoms. The molecule has 3 rings (SSSR count). The van der Waals surface area contributed by atoms with E-state index in [-0.39, 0.29) is 16.7 Å². The molecule has 1 unspecified atom stereocenters. The van der Waals surface area contributed by atoms with Gasteiger partial charge < -0.3 is 15.2 Å². The Balaban J connectivity index is 2.13. The molecule has 0 aliphatic carbocycles. The van der Waals surface area contributed by atoms with Gasteiger partial charge in [-0.2, -0.15) is 0 Å². The summed E-state index contributed by atoms with van der Waals surface area (Å²) < 4.78 is 35.4. The van der Waals surface area contributed by atoms with Crippen molar-refractivity contribution in [1.82, 2.24) is 10.3 Å². The van der Waals surface area contributed by atoms with Crippen molar-refractivity contribution in [3.05, 3.63) is 70.4 Å². The first-order valence-electron chi connectivity index (χ1n) is 9.29. The molecule has 1 atom stereocenters. The van der Waals surface area contributed by atoms with Crippen LogP contribution < -0.4 is 10.1 Å². The van der Waals surface area contributed by atoms with Crippen LogP contribution in [0.4, 0.5) is 13.6 Å². The second kappa shape index (κ2) is 8.44. The number of ketones is 1. The summed E-state index contributed by atoms with van der Waals surface area (Å²) in [7, 11) is 0. The van der Waals surface area contributed by atoms with E-state index in [1.807, 2.05) is 0 Å². The SMILES string of the molecule is CCOc1nccc2c(C(=O)c3c(F)cc(C(C)NC(=O)O)c(C)c3F)cccc12. The number of hydrogen-bond acceptors (Lipinski definition) is 4. The minimum Gasteiger partial charge on any atom is -0.478 e. The van der Waals surface area contributed by atoms with Crippen molar-refractivity contribution >= 4 is 22.6 Å². The number of carbonyl (C=O) groups is 2. The summed E-state index contributed by atoms with van der Waals surface area (Å²) in [5.41, 5.74) is -0.471. The molecule has 1 heterocycles. The number of benzene rings is 2. The fourth-order valence-electron chi connectivity index (χ4n) is 3.42. The number of amides is 1. The third kappa shape index (κ3) is 3.80. The molecule has 0 radical (unpaired) electrons. The summed E-state index contributed by atoms with van der Waals surface area (Å²) in [4.78, 5) is 28.1. The third-order valence-corrected chi connectivity index (χ3v) is 4.83. The second-order valence-corrected chi connectivity index (χ2v) is 6.71. The average molecular weight is 414 g/mol. The molecular formula is C22H20F2N2O4. The van der Waals surface area contributed by atoms with E-state index < -0.39 is 35.1 Å². The minimum absolute atomic E-state index is 0.00194. The summed E-state index contributed by atoms with van der Waals surface area (Å²) >= 11 is 0. The number of nitrogens with zero attached hydrogens (tertiary/aromatic N) is 1. The quantitative estimate of drug-likeness (QED) is 0.567. The number of rotatable bonds is 6. The minimum atomic E-state index is -1.32. The Bertz CT molecular complexity index is 1150. The number of carbonyl (C=O) groups excluding carboxylic acids is 1. The van der Waals surface area contributed by atoms with Crippen molar-refractivity contribution in [2.24, 2.45) is 0 Å². The van der Waals surface area contributed by atoms with E-state index in [0.29, 0.717) is 23.3 Å². The van der Waals surface area contributed by atoms with E-state index in [0.717, 1.165) is 6.07 Å². The number of ether oxygens (including phenoxy) is 1. The molecule has 156 valence electrons. The maximum atomic E-state index is 15.1. The van der Waals surface area contributed by atoms with Gasteiger partial charge in [0.15, 0.2) is 5.78 Å². The summed E-state index contributed by atoms with van der Waals surface area (Å²) in [5, 5.41) is 12.0. The Kier molecular flexibility index (Phi) is 5.96. The smallest absolute Gasteiger partial charge is 0.405 e. The second-order valence-electron chi connectivity index (χ2n) is 6.71. The molecule has 0 saturated carbocycles. The maximum absolute atomic E-state index is 15.1. The number of fused-ring (bicyclic) bond motifs is 1. The third-order valence-electron chi connectivity index (χ3n) is 4.83. The van der Waals surface area contributed by atoms with E-state index in [4.69, 9.17) is 9.84 Å². The number of carboxylic acid groups (broad SMARTS) is 1. The van der Waals surface area contributed by atoms with Gasteiger partial charge in [-0.25, -0.2) is 18.6 Å². The number of hydrogen-bond donors (Lipinski definition) is 2. The zero-order valence-corrected chi connectivity index (χ0v) is 16.6. The van der Waals surface area contributed by atoms with Crippen LogP contribution in [-0.2, 0) is 0 Å².